The molecule has 1 N–H and O–H groups in total. The summed E-state index contributed by atoms with van der Waals surface area (Å²) in [4.78, 5) is 26.2. The number of amides is 1. The molecular formula is C30H30ClN5O3S2. The molecule has 1 aliphatic heterocycles. The van der Waals surface area contributed by atoms with Crippen molar-refractivity contribution in [3.05, 3.63) is 53.4 Å². The molecule has 0 radical (unpaired) electrons. The van der Waals surface area contributed by atoms with E-state index in [-0.39, 0.29) is 29.2 Å². The molecule has 2 aromatic heterocycles. The Kier molecular flexibility index (Phi) is 6.60. The zero-order valence-electron chi connectivity index (χ0n) is 22.4. The van der Waals surface area contributed by atoms with Gasteiger partial charge in [-0.1, -0.05) is 23.7 Å². The number of thiazole rings is 1. The van der Waals surface area contributed by atoms with Crippen molar-refractivity contribution in [1.29, 1.82) is 5.26 Å². The number of nitrogens with zero attached hydrogens (tertiary/aromatic N) is 4. The van der Waals surface area contributed by atoms with Gasteiger partial charge in [0.25, 0.3) is 0 Å². The number of halogens is 1. The minimum atomic E-state index is -2.96. The van der Waals surface area contributed by atoms with E-state index in [0.717, 1.165) is 51.7 Å². The van der Waals surface area contributed by atoms with Crippen LogP contribution in [0.3, 0.4) is 0 Å². The van der Waals surface area contributed by atoms with Gasteiger partial charge in [-0.05, 0) is 67.7 Å². The lowest BCUT2D eigenvalue weighted by atomic mass is 9.76. The Morgan fingerprint density at radius 1 is 1.07 bits per heavy atom. The molecule has 4 atom stereocenters. The molecule has 4 unspecified atom stereocenters. The van der Waals surface area contributed by atoms with Crippen LogP contribution in [0.2, 0.25) is 5.02 Å². The van der Waals surface area contributed by atoms with Gasteiger partial charge in [-0.2, -0.15) is 5.26 Å². The van der Waals surface area contributed by atoms with Crippen LogP contribution in [0.15, 0.2) is 42.7 Å². The molecule has 212 valence electrons. The van der Waals surface area contributed by atoms with Gasteiger partial charge in [-0.3, -0.25) is 9.78 Å². The summed E-state index contributed by atoms with van der Waals surface area (Å²) >= 11 is 7.86. The Morgan fingerprint density at radius 3 is 2.49 bits per heavy atom. The van der Waals surface area contributed by atoms with Crippen LogP contribution in [0.5, 0.6) is 0 Å². The molecule has 4 fully saturated rings. The van der Waals surface area contributed by atoms with E-state index in [4.69, 9.17) is 16.6 Å². The van der Waals surface area contributed by atoms with Crippen LogP contribution < -0.4 is 10.2 Å². The van der Waals surface area contributed by atoms with Gasteiger partial charge in [0.2, 0.25) is 5.91 Å². The van der Waals surface area contributed by atoms with Crippen molar-refractivity contribution in [2.24, 2.45) is 17.8 Å². The monoisotopic (exact) mass is 607 g/mol. The maximum absolute atomic E-state index is 13.6. The number of carbonyl (C=O) groups excluding carboxylic acids is 1. The maximum Gasteiger partial charge on any atom is 0.225 e. The summed E-state index contributed by atoms with van der Waals surface area (Å²) in [5.41, 5.74) is 3.07. The standard InChI is InChI=1S/C30H30ClN5O3S2/c31-22-12-21(15-33-16-22)29-34-26(24-13-19-11-20(19)14-25(24)28(37)35-30(17-32)5-6-30)27(40-29)18-1-3-23(4-2-18)36-7-9-41(38,39)10-8-36/h1-4,12,15-16,19-20,24-25H,5-11,13-14H2,(H,35,37). The summed E-state index contributed by atoms with van der Waals surface area (Å²) in [6, 6.07) is 12.4. The van der Waals surface area contributed by atoms with E-state index >= 15 is 0 Å². The zero-order valence-corrected chi connectivity index (χ0v) is 24.8. The molecule has 7 rings (SSSR count). The molecule has 3 aliphatic carbocycles. The molecule has 4 aliphatic rings. The number of hydrogen-bond donors (Lipinski definition) is 1. The van der Waals surface area contributed by atoms with E-state index in [0.29, 0.717) is 42.8 Å². The van der Waals surface area contributed by atoms with Crippen LogP contribution in [-0.4, -0.2) is 54.4 Å². The number of fused-ring (bicyclic) bond motifs is 1. The largest absolute Gasteiger partial charge is 0.369 e. The molecule has 1 amide bonds. The highest BCUT2D eigenvalue weighted by atomic mass is 35.5. The average molecular weight is 608 g/mol. The van der Waals surface area contributed by atoms with Crippen molar-refractivity contribution >= 4 is 44.4 Å². The SMILES string of the molecule is N#CC1(NC(=O)C2CC3CC3CC2c2nc(-c3cncc(Cl)c3)sc2-c2ccc(N3CCS(=O)(=O)CC3)cc2)CC1. The van der Waals surface area contributed by atoms with E-state index in [9.17, 15) is 18.5 Å². The van der Waals surface area contributed by atoms with Crippen LogP contribution in [0.1, 0.15) is 43.7 Å². The molecule has 3 saturated carbocycles. The fourth-order valence-electron chi connectivity index (χ4n) is 6.42. The Hall–Kier alpha value is -3.00. The second-order valence-corrected chi connectivity index (χ2v) is 15.7. The highest BCUT2D eigenvalue weighted by molar-refractivity contribution is 7.91. The third kappa shape index (κ3) is 5.36. The highest BCUT2D eigenvalue weighted by Crippen LogP contribution is 2.58. The van der Waals surface area contributed by atoms with Gasteiger partial charge in [-0.15, -0.1) is 11.3 Å². The molecule has 3 heterocycles. The van der Waals surface area contributed by atoms with Crippen LogP contribution in [-0.2, 0) is 14.6 Å². The predicted molar refractivity (Wildman–Crippen MR) is 159 cm³/mol. The number of carbonyl (C=O) groups is 1. The van der Waals surface area contributed by atoms with E-state index in [1.165, 1.54) is 0 Å². The summed E-state index contributed by atoms with van der Waals surface area (Å²) in [6.45, 7) is 0.982. The average Bonchev–Trinajstić information content (AvgIpc) is 3.88. The first-order chi connectivity index (χ1) is 19.7. The van der Waals surface area contributed by atoms with Gasteiger partial charge in [-0.25, -0.2) is 13.4 Å². The lowest BCUT2D eigenvalue weighted by molar-refractivity contribution is -0.127. The Balaban J connectivity index is 1.25. The first-order valence-corrected chi connectivity index (χ1v) is 17.1. The van der Waals surface area contributed by atoms with E-state index in [1.54, 1.807) is 23.7 Å². The fraction of sp³-hybridized carbons (Fsp3) is 0.467. The van der Waals surface area contributed by atoms with Crippen LogP contribution in [0.4, 0.5) is 5.69 Å². The Labute approximate surface area is 248 Å². The van der Waals surface area contributed by atoms with Gasteiger partial charge in [0.1, 0.15) is 10.5 Å². The van der Waals surface area contributed by atoms with E-state index < -0.39 is 15.4 Å². The molecule has 1 aromatic carbocycles. The quantitative estimate of drug-likeness (QED) is 0.416. The van der Waals surface area contributed by atoms with Gasteiger partial charge in [0, 0.05) is 48.6 Å². The number of benzene rings is 1. The van der Waals surface area contributed by atoms with Crippen molar-refractivity contribution in [3.8, 4) is 27.1 Å². The van der Waals surface area contributed by atoms with Crippen LogP contribution >= 0.6 is 22.9 Å². The Morgan fingerprint density at radius 2 is 1.80 bits per heavy atom. The lowest BCUT2D eigenvalue weighted by Crippen LogP contribution is -2.43. The van der Waals surface area contributed by atoms with Crippen molar-refractivity contribution in [1.82, 2.24) is 15.3 Å². The number of anilines is 1. The van der Waals surface area contributed by atoms with Gasteiger partial charge >= 0.3 is 0 Å². The predicted octanol–water partition coefficient (Wildman–Crippen LogP) is 5.06. The maximum atomic E-state index is 13.6. The van der Waals surface area contributed by atoms with E-state index in [1.807, 2.05) is 18.2 Å². The number of sulfone groups is 1. The van der Waals surface area contributed by atoms with Gasteiger partial charge in [0.15, 0.2) is 9.84 Å². The number of nitriles is 1. The van der Waals surface area contributed by atoms with Crippen molar-refractivity contribution in [3.63, 3.8) is 0 Å². The zero-order chi connectivity index (χ0) is 28.4. The van der Waals surface area contributed by atoms with Crippen molar-refractivity contribution in [2.45, 2.75) is 43.6 Å². The van der Waals surface area contributed by atoms with Gasteiger partial charge in [0.05, 0.1) is 33.2 Å². The van der Waals surface area contributed by atoms with E-state index in [2.05, 4.69) is 33.4 Å². The normalized spacial score (nSPS) is 27.4. The molecule has 11 heteroatoms. The lowest BCUT2D eigenvalue weighted by Gasteiger charge is -2.31. The number of hydrogen-bond acceptors (Lipinski definition) is 8. The third-order valence-electron chi connectivity index (χ3n) is 9.13. The molecule has 0 spiro atoms. The molecule has 41 heavy (non-hydrogen) atoms. The number of nitrogens with one attached hydrogen (secondary N) is 1. The molecule has 0 bridgehead atoms. The second-order valence-electron chi connectivity index (χ2n) is 11.9. The molecule has 3 aromatic rings. The summed E-state index contributed by atoms with van der Waals surface area (Å²) in [6.07, 6.45) is 7.66. The summed E-state index contributed by atoms with van der Waals surface area (Å²) < 4.78 is 23.8. The summed E-state index contributed by atoms with van der Waals surface area (Å²) in [5.74, 6) is 1.22. The summed E-state index contributed by atoms with van der Waals surface area (Å²) in [5, 5.41) is 14.0. The number of pyridine rings is 1. The first-order valence-electron chi connectivity index (χ1n) is 14.1. The first kappa shape index (κ1) is 26.9. The van der Waals surface area contributed by atoms with Crippen molar-refractivity contribution in [2.75, 3.05) is 29.5 Å². The van der Waals surface area contributed by atoms with Crippen LogP contribution in [0.25, 0.3) is 21.0 Å². The molecule has 8 nitrogen and oxygen atoms in total. The minimum Gasteiger partial charge on any atom is -0.369 e. The smallest absolute Gasteiger partial charge is 0.225 e. The summed E-state index contributed by atoms with van der Waals surface area (Å²) in [7, 11) is -2.96. The number of rotatable bonds is 6. The van der Waals surface area contributed by atoms with Crippen molar-refractivity contribution < 1.29 is 13.2 Å². The molecular weight excluding hydrogens is 578 g/mol. The minimum absolute atomic E-state index is 0.0280. The molecule has 1 saturated heterocycles. The second kappa shape index (κ2) is 10.1. The third-order valence-corrected chi connectivity index (χ3v) is 12.1. The fourth-order valence-corrected chi connectivity index (χ4v) is 8.91. The topological polar surface area (TPSA) is 116 Å². The highest BCUT2D eigenvalue weighted by Gasteiger charge is 2.52. The van der Waals surface area contributed by atoms with Gasteiger partial charge < -0.3 is 10.2 Å². The number of aromatic nitrogens is 2. The Bertz CT molecular complexity index is 1650. The van der Waals surface area contributed by atoms with Crippen LogP contribution in [0, 0.1) is 29.1 Å².